The zero-order chi connectivity index (χ0) is 23.2. The zero-order valence-electron chi connectivity index (χ0n) is 16.8. The van der Waals surface area contributed by atoms with Crippen LogP contribution in [0.25, 0.3) is 11.3 Å². The van der Waals surface area contributed by atoms with Crippen molar-refractivity contribution in [2.75, 3.05) is 5.43 Å². The first-order chi connectivity index (χ1) is 16.0. The number of carbonyl (C=O) groups excluding carboxylic acids is 1. The summed E-state index contributed by atoms with van der Waals surface area (Å²) in [4.78, 5) is 27.0. The quantitative estimate of drug-likeness (QED) is 0.102. The van der Waals surface area contributed by atoms with E-state index in [4.69, 9.17) is 4.74 Å². The number of carbonyl (C=O) groups is 1. The van der Waals surface area contributed by atoms with Gasteiger partial charge < -0.3 is 4.74 Å². The fraction of sp³-hybridized carbons (Fsp3) is 0. The molecule has 4 rings (SSSR count). The van der Waals surface area contributed by atoms with Gasteiger partial charge in [0.15, 0.2) is 0 Å². The summed E-state index contributed by atoms with van der Waals surface area (Å²) in [5.74, 6) is -0.359. The van der Waals surface area contributed by atoms with Crippen molar-refractivity contribution in [3.05, 3.63) is 104 Å². The van der Waals surface area contributed by atoms with Gasteiger partial charge in [-0.1, -0.05) is 34.1 Å². The number of nitro groups is 1. The summed E-state index contributed by atoms with van der Waals surface area (Å²) in [7, 11) is 0. The minimum Gasteiger partial charge on any atom is -0.423 e. The summed E-state index contributed by atoms with van der Waals surface area (Å²) in [5, 5.41) is 17.7. The first-order valence-corrected chi connectivity index (χ1v) is 11.2. The summed E-state index contributed by atoms with van der Waals surface area (Å²) in [6.45, 7) is 0. The minimum absolute atomic E-state index is 0.102. The van der Waals surface area contributed by atoms with E-state index in [0.717, 1.165) is 21.3 Å². The smallest absolute Gasteiger partial charge is 0.343 e. The van der Waals surface area contributed by atoms with Gasteiger partial charge in [0.2, 0.25) is 5.13 Å². The Morgan fingerprint density at radius 3 is 2.61 bits per heavy atom. The number of aromatic nitrogens is 1. The lowest BCUT2D eigenvalue weighted by Crippen LogP contribution is -2.08. The SMILES string of the molecule is O=C(Oc1ccc(C=NNc2nc(-c3ccc(Br)cc3)cs2)cc1)c1cccc([N+](=O)[O-])c1. The van der Waals surface area contributed by atoms with Gasteiger partial charge in [0.05, 0.1) is 22.4 Å². The lowest BCUT2D eigenvalue weighted by Gasteiger charge is -2.04. The number of non-ortho nitro benzene ring substituents is 1. The first-order valence-electron chi connectivity index (χ1n) is 9.55. The highest BCUT2D eigenvalue weighted by Crippen LogP contribution is 2.26. The highest BCUT2D eigenvalue weighted by Gasteiger charge is 2.13. The predicted octanol–water partition coefficient (Wildman–Crippen LogP) is 6.15. The third-order valence-electron chi connectivity index (χ3n) is 4.40. The van der Waals surface area contributed by atoms with Crippen molar-refractivity contribution in [1.29, 1.82) is 0 Å². The van der Waals surface area contributed by atoms with Crippen molar-refractivity contribution in [2.24, 2.45) is 5.10 Å². The molecule has 4 aromatic rings. The molecular weight excluding hydrogens is 508 g/mol. The van der Waals surface area contributed by atoms with Gasteiger partial charge >= 0.3 is 5.97 Å². The maximum Gasteiger partial charge on any atom is 0.343 e. The third-order valence-corrected chi connectivity index (χ3v) is 5.68. The Morgan fingerprint density at radius 2 is 1.88 bits per heavy atom. The van der Waals surface area contributed by atoms with Crippen LogP contribution in [0.1, 0.15) is 15.9 Å². The molecule has 0 aliphatic heterocycles. The third kappa shape index (κ3) is 5.88. The predicted molar refractivity (Wildman–Crippen MR) is 131 cm³/mol. The zero-order valence-corrected chi connectivity index (χ0v) is 19.2. The molecular formula is C23H15BrN4O4S. The molecule has 164 valence electrons. The summed E-state index contributed by atoms with van der Waals surface area (Å²) < 4.78 is 6.29. The maximum atomic E-state index is 12.2. The molecule has 0 saturated heterocycles. The molecule has 8 nitrogen and oxygen atoms in total. The first kappa shape index (κ1) is 22.3. The van der Waals surface area contributed by atoms with Crippen molar-refractivity contribution >= 4 is 50.3 Å². The van der Waals surface area contributed by atoms with Crippen LogP contribution in [-0.2, 0) is 0 Å². The van der Waals surface area contributed by atoms with E-state index in [1.807, 2.05) is 29.6 Å². The summed E-state index contributed by atoms with van der Waals surface area (Å²) in [5.41, 5.74) is 5.49. The van der Waals surface area contributed by atoms with Crippen molar-refractivity contribution in [1.82, 2.24) is 4.98 Å². The van der Waals surface area contributed by atoms with Gasteiger partial charge in [-0.25, -0.2) is 9.78 Å². The van der Waals surface area contributed by atoms with Gasteiger partial charge in [0, 0.05) is 27.5 Å². The number of hydrogen-bond donors (Lipinski definition) is 1. The summed E-state index contributed by atoms with van der Waals surface area (Å²) in [6.07, 6.45) is 1.62. The Morgan fingerprint density at radius 1 is 1.12 bits per heavy atom. The molecule has 33 heavy (non-hydrogen) atoms. The number of benzene rings is 3. The van der Waals surface area contributed by atoms with Gasteiger partial charge in [0.1, 0.15) is 5.75 Å². The summed E-state index contributed by atoms with van der Waals surface area (Å²) in [6, 6.07) is 20.0. The van der Waals surface area contributed by atoms with Crippen molar-refractivity contribution in [2.45, 2.75) is 0 Å². The Bertz CT molecular complexity index is 1320. The van der Waals surface area contributed by atoms with Crippen LogP contribution < -0.4 is 10.2 Å². The van der Waals surface area contributed by atoms with E-state index in [-0.39, 0.29) is 11.3 Å². The molecule has 10 heteroatoms. The number of rotatable bonds is 7. The Hall–Kier alpha value is -3.89. The average Bonchev–Trinajstić information content (AvgIpc) is 3.29. The second kappa shape index (κ2) is 10.2. The van der Waals surface area contributed by atoms with Crippen LogP contribution in [0.15, 0.2) is 87.8 Å². The molecule has 0 unspecified atom stereocenters. The molecule has 0 spiro atoms. The lowest BCUT2D eigenvalue weighted by molar-refractivity contribution is -0.384. The van der Waals surface area contributed by atoms with Gasteiger partial charge in [-0.3, -0.25) is 15.5 Å². The standard InChI is InChI=1S/C23H15BrN4O4S/c24-18-8-6-16(7-9-18)21-14-33-23(26-21)27-25-13-15-4-10-20(11-5-15)32-22(29)17-2-1-3-19(12-17)28(30)31/h1-14H,(H,26,27). The topological polar surface area (TPSA) is 107 Å². The minimum atomic E-state index is -0.674. The highest BCUT2D eigenvalue weighted by atomic mass is 79.9. The normalized spacial score (nSPS) is 10.8. The van der Waals surface area contributed by atoms with Crippen LogP contribution in [0.3, 0.4) is 0 Å². The molecule has 0 amide bonds. The molecule has 0 atom stereocenters. The van der Waals surface area contributed by atoms with Crippen LogP contribution in [0.5, 0.6) is 5.75 Å². The number of nitro benzene ring substituents is 1. The van der Waals surface area contributed by atoms with Crippen LogP contribution in [-0.4, -0.2) is 22.1 Å². The number of thiazole rings is 1. The molecule has 0 saturated carbocycles. The number of hydrazone groups is 1. The fourth-order valence-electron chi connectivity index (χ4n) is 2.77. The molecule has 1 heterocycles. The van der Waals surface area contributed by atoms with Crippen LogP contribution in [0, 0.1) is 10.1 Å². The van der Waals surface area contributed by atoms with Gasteiger partial charge in [0.25, 0.3) is 5.69 Å². The molecule has 0 aliphatic rings. The largest absolute Gasteiger partial charge is 0.423 e. The second-order valence-electron chi connectivity index (χ2n) is 6.68. The molecule has 3 aromatic carbocycles. The van der Waals surface area contributed by atoms with E-state index >= 15 is 0 Å². The highest BCUT2D eigenvalue weighted by molar-refractivity contribution is 9.10. The number of halogens is 1. The Balaban J connectivity index is 1.34. The van der Waals surface area contributed by atoms with E-state index in [9.17, 15) is 14.9 Å². The number of ether oxygens (including phenoxy) is 1. The number of anilines is 1. The monoisotopic (exact) mass is 522 g/mol. The van der Waals surface area contributed by atoms with E-state index in [1.165, 1.54) is 35.6 Å². The van der Waals surface area contributed by atoms with E-state index in [2.05, 4.69) is 31.4 Å². The molecule has 0 bridgehead atoms. The molecule has 0 fully saturated rings. The van der Waals surface area contributed by atoms with Gasteiger partial charge in [-0.2, -0.15) is 5.10 Å². The number of esters is 1. The number of hydrogen-bond acceptors (Lipinski definition) is 8. The number of nitrogens with zero attached hydrogens (tertiary/aromatic N) is 3. The Kier molecular flexibility index (Phi) is 6.86. The van der Waals surface area contributed by atoms with Crippen LogP contribution in [0.4, 0.5) is 10.8 Å². The van der Waals surface area contributed by atoms with E-state index in [1.54, 1.807) is 30.5 Å². The molecule has 1 N–H and O–H groups in total. The fourth-order valence-corrected chi connectivity index (χ4v) is 3.71. The summed E-state index contributed by atoms with van der Waals surface area (Å²) >= 11 is 4.86. The van der Waals surface area contributed by atoms with Gasteiger partial charge in [-0.15, -0.1) is 11.3 Å². The van der Waals surface area contributed by atoms with Crippen molar-refractivity contribution in [3.8, 4) is 17.0 Å². The van der Waals surface area contributed by atoms with Crippen LogP contribution in [0.2, 0.25) is 0 Å². The Labute approximate surface area is 200 Å². The molecule has 1 aromatic heterocycles. The van der Waals surface area contributed by atoms with Crippen molar-refractivity contribution < 1.29 is 14.5 Å². The van der Waals surface area contributed by atoms with Crippen molar-refractivity contribution in [3.63, 3.8) is 0 Å². The second-order valence-corrected chi connectivity index (χ2v) is 8.45. The molecule has 0 radical (unpaired) electrons. The molecule has 0 aliphatic carbocycles. The van der Waals surface area contributed by atoms with E-state index < -0.39 is 10.9 Å². The maximum absolute atomic E-state index is 12.2. The lowest BCUT2D eigenvalue weighted by atomic mass is 10.2. The van der Waals surface area contributed by atoms with Crippen LogP contribution >= 0.6 is 27.3 Å². The average molecular weight is 523 g/mol. The van der Waals surface area contributed by atoms with E-state index in [0.29, 0.717) is 10.9 Å². The number of nitrogens with one attached hydrogen (secondary N) is 1. The van der Waals surface area contributed by atoms with Gasteiger partial charge in [-0.05, 0) is 48.0 Å².